The summed E-state index contributed by atoms with van der Waals surface area (Å²) < 4.78 is 15.1. The van der Waals surface area contributed by atoms with Crippen molar-refractivity contribution in [2.75, 3.05) is 44.7 Å². The number of aromatic nitrogens is 6. The van der Waals surface area contributed by atoms with Gasteiger partial charge in [0.15, 0.2) is 11.6 Å². The van der Waals surface area contributed by atoms with Gasteiger partial charge in [0, 0.05) is 55.1 Å². The molecule has 10 rings (SSSR count). The van der Waals surface area contributed by atoms with Crippen LogP contribution in [0.1, 0.15) is 105 Å². The molecule has 1 aliphatic heterocycles. The molecule has 1 aliphatic rings. The van der Waals surface area contributed by atoms with Crippen LogP contribution < -0.4 is 16.0 Å². The highest BCUT2D eigenvalue weighted by molar-refractivity contribution is 9.10. The minimum absolute atomic E-state index is 0.214. The SMILES string of the molecule is C1CCOC1.CC[C@@H](C)N(C)c1nc2cc(C(=O)O)ccc2nc1-c1ccccc1.CC[C@@H](C)Nc1nc2cc(C(=O)OC)ccc2nc1-c1ccccc1.CC[C@H](C)N.COC(=O)c1ccc2nc(-c3ccccc3)c(Br)nc2c1. The van der Waals surface area contributed by atoms with E-state index in [1.807, 2.05) is 105 Å². The number of halogens is 1. The Kier molecular flexibility index (Phi) is 23.7. The Morgan fingerprint density at radius 1 is 0.580 bits per heavy atom. The molecule has 0 radical (unpaired) electrons. The molecule has 0 bridgehead atoms. The number of carboxylic acid groups (broad SMARTS) is 1. The molecule has 17 heteroatoms. The number of carbonyl (C=O) groups is 3. The Morgan fingerprint density at radius 2 is 1.00 bits per heavy atom. The lowest BCUT2D eigenvalue weighted by atomic mass is 10.1. The van der Waals surface area contributed by atoms with Crippen molar-refractivity contribution >= 4 is 78.6 Å². The average molecular weight is 1160 g/mol. The Labute approximate surface area is 482 Å². The van der Waals surface area contributed by atoms with Crippen LogP contribution in [-0.2, 0) is 14.2 Å². The van der Waals surface area contributed by atoms with E-state index < -0.39 is 5.97 Å². The molecule has 422 valence electrons. The van der Waals surface area contributed by atoms with Crippen molar-refractivity contribution in [1.82, 2.24) is 29.9 Å². The van der Waals surface area contributed by atoms with Crippen LogP contribution in [0.5, 0.6) is 0 Å². The molecule has 4 N–H and O–H groups in total. The Hall–Kier alpha value is -8.25. The minimum Gasteiger partial charge on any atom is -0.478 e. The third-order valence-corrected chi connectivity index (χ3v) is 13.8. The fraction of sp³-hybridized carbons (Fsp3) is 0.297. The van der Waals surface area contributed by atoms with E-state index in [1.54, 1.807) is 54.6 Å². The molecule has 4 heterocycles. The first-order valence-electron chi connectivity index (χ1n) is 27.1. The number of nitrogens with two attached hydrogens (primary N) is 1. The predicted octanol–water partition coefficient (Wildman–Crippen LogP) is 13.9. The number of esters is 2. The van der Waals surface area contributed by atoms with Crippen molar-refractivity contribution in [3.63, 3.8) is 0 Å². The first-order valence-corrected chi connectivity index (χ1v) is 27.9. The van der Waals surface area contributed by atoms with Crippen LogP contribution >= 0.6 is 15.9 Å². The molecular formula is C64H72BrN9O7. The fourth-order valence-corrected chi connectivity index (χ4v) is 8.31. The number of hydrogen-bond acceptors (Lipinski definition) is 15. The second kappa shape index (κ2) is 30.9. The average Bonchev–Trinajstić information content (AvgIpc) is 4.23. The number of nitrogens with zero attached hydrogens (tertiary/aromatic N) is 7. The van der Waals surface area contributed by atoms with Crippen molar-refractivity contribution in [2.45, 2.75) is 91.8 Å². The molecular weight excluding hydrogens is 1090 g/mol. The summed E-state index contributed by atoms with van der Waals surface area (Å²) >= 11 is 3.44. The monoisotopic (exact) mass is 1160 g/mol. The van der Waals surface area contributed by atoms with E-state index in [0.29, 0.717) is 43.8 Å². The van der Waals surface area contributed by atoms with E-state index in [1.165, 1.54) is 27.1 Å². The van der Waals surface area contributed by atoms with Gasteiger partial charge in [-0.2, -0.15) is 0 Å². The maximum Gasteiger partial charge on any atom is 0.337 e. The van der Waals surface area contributed by atoms with Crippen molar-refractivity contribution in [3.8, 4) is 33.8 Å². The van der Waals surface area contributed by atoms with Crippen LogP contribution in [0.3, 0.4) is 0 Å². The summed E-state index contributed by atoms with van der Waals surface area (Å²) in [6, 6.07) is 45.8. The van der Waals surface area contributed by atoms with Crippen LogP contribution in [0.4, 0.5) is 11.6 Å². The van der Waals surface area contributed by atoms with E-state index in [0.717, 1.165) is 88.9 Å². The summed E-state index contributed by atoms with van der Waals surface area (Å²) in [4.78, 5) is 64.8. The van der Waals surface area contributed by atoms with Crippen LogP contribution in [0.2, 0.25) is 0 Å². The van der Waals surface area contributed by atoms with Gasteiger partial charge in [0.05, 0.1) is 64.0 Å². The third kappa shape index (κ3) is 17.4. The van der Waals surface area contributed by atoms with Gasteiger partial charge in [-0.1, -0.05) is 112 Å². The zero-order chi connectivity index (χ0) is 58.4. The number of methoxy groups -OCH3 is 2. The molecule has 1 saturated heterocycles. The summed E-state index contributed by atoms with van der Waals surface area (Å²) in [6.07, 6.45) is 5.58. The van der Waals surface area contributed by atoms with E-state index in [9.17, 15) is 19.5 Å². The summed E-state index contributed by atoms with van der Waals surface area (Å²) in [7, 11) is 4.72. The molecule has 9 aromatic rings. The number of nitrogens with one attached hydrogen (secondary N) is 1. The molecule has 6 aromatic carbocycles. The predicted molar refractivity (Wildman–Crippen MR) is 328 cm³/mol. The van der Waals surface area contributed by atoms with Gasteiger partial charge in [0.1, 0.15) is 21.7 Å². The van der Waals surface area contributed by atoms with E-state index in [-0.39, 0.29) is 29.6 Å². The van der Waals surface area contributed by atoms with Crippen molar-refractivity contribution in [1.29, 1.82) is 0 Å². The Balaban J connectivity index is 0.000000180. The van der Waals surface area contributed by atoms with Crippen molar-refractivity contribution < 1.29 is 33.7 Å². The lowest BCUT2D eigenvalue weighted by molar-refractivity contribution is 0.0592. The number of aromatic carboxylic acids is 1. The Bertz CT molecular complexity index is 3490. The van der Waals surface area contributed by atoms with Crippen LogP contribution in [0.15, 0.2) is 150 Å². The second-order valence-electron chi connectivity index (χ2n) is 19.2. The van der Waals surface area contributed by atoms with Crippen LogP contribution in [0, 0.1) is 0 Å². The zero-order valence-corrected chi connectivity index (χ0v) is 49.1. The molecule has 3 atom stereocenters. The summed E-state index contributed by atoms with van der Waals surface area (Å²) in [5.74, 6) is -0.257. The molecule has 0 saturated carbocycles. The largest absolute Gasteiger partial charge is 0.478 e. The van der Waals surface area contributed by atoms with Gasteiger partial charge >= 0.3 is 17.9 Å². The molecule has 3 aromatic heterocycles. The quantitative estimate of drug-likeness (QED) is 0.0914. The number of fused-ring (bicyclic) bond motifs is 3. The lowest BCUT2D eigenvalue weighted by Gasteiger charge is -2.27. The van der Waals surface area contributed by atoms with Crippen molar-refractivity contribution in [2.24, 2.45) is 5.73 Å². The van der Waals surface area contributed by atoms with Gasteiger partial charge in [-0.25, -0.2) is 44.3 Å². The minimum atomic E-state index is -0.965. The number of hydrogen-bond donors (Lipinski definition) is 3. The molecule has 0 spiro atoms. The lowest BCUT2D eigenvalue weighted by Crippen LogP contribution is -2.29. The number of benzene rings is 6. The molecule has 0 unspecified atom stereocenters. The number of carboxylic acids is 1. The van der Waals surface area contributed by atoms with Gasteiger partial charge in [0.25, 0.3) is 0 Å². The maximum absolute atomic E-state index is 11.8. The number of rotatable bonds is 13. The molecule has 16 nitrogen and oxygen atoms in total. The van der Waals surface area contributed by atoms with Crippen molar-refractivity contribution in [3.05, 3.63) is 167 Å². The fourth-order valence-electron chi connectivity index (χ4n) is 7.80. The summed E-state index contributed by atoms with van der Waals surface area (Å²) in [5.41, 5.74) is 15.8. The van der Waals surface area contributed by atoms with E-state index in [4.69, 9.17) is 39.9 Å². The third-order valence-electron chi connectivity index (χ3n) is 13.2. The van der Waals surface area contributed by atoms with Gasteiger partial charge < -0.3 is 35.3 Å². The van der Waals surface area contributed by atoms with E-state index >= 15 is 0 Å². The van der Waals surface area contributed by atoms with Crippen LogP contribution in [0.25, 0.3) is 66.9 Å². The van der Waals surface area contributed by atoms with Gasteiger partial charge in [0.2, 0.25) is 0 Å². The molecule has 0 amide bonds. The number of carbonyl (C=O) groups excluding carboxylic acids is 2. The molecule has 81 heavy (non-hydrogen) atoms. The second-order valence-corrected chi connectivity index (χ2v) is 20.0. The summed E-state index contributed by atoms with van der Waals surface area (Å²) in [6.45, 7) is 14.6. The first kappa shape index (κ1) is 62.0. The Morgan fingerprint density at radius 3 is 1.43 bits per heavy atom. The highest BCUT2D eigenvalue weighted by Crippen LogP contribution is 2.32. The normalized spacial score (nSPS) is 12.6. The molecule has 0 aliphatic carbocycles. The molecule has 1 fully saturated rings. The van der Waals surface area contributed by atoms with Gasteiger partial charge in [-0.05, 0) is 123 Å². The highest BCUT2D eigenvalue weighted by Gasteiger charge is 2.20. The van der Waals surface area contributed by atoms with Crippen LogP contribution in [-0.4, -0.2) is 106 Å². The zero-order valence-electron chi connectivity index (χ0n) is 47.5. The van der Waals surface area contributed by atoms with Gasteiger partial charge in [-0.3, -0.25) is 0 Å². The van der Waals surface area contributed by atoms with Gasteiger partial charge in [-0.15, -0.1) is 0 Å². The first-order chi connectivity index (χ1) is 39.1. The smallest absolute Gasteiger partial charge is 0.337 e. The standard InChI is InChI=1S/2C20H21N3O2.C16H11BrN2O2.C4H11N.C4H8O/c1-4-13(2)23(3)19-18(14-8-6-5-7-9-14)21-16-11-10-15(20(24)25)12-17(16)22-19;1-4-13(2)21-19-18(14-8-6-5-7-9-14)22-16-11-10-15(20(24)25-3)12-17(16)23-19;1-21-16(20)11-7-8-12-13(9-11)19-15(17)14(18-12)10-5-3-2-4-6-10;1-3-4(2)5;1-2-4-5-3-1/h5-13H,4H2,1-3H3,(H,24,25);5-13H,4H2,1-3H3,(H,21,23);2-9H,1H3;4H,3,5H2,1-2H3;1-4H2/t2*13-;;4-;/m11.0./s1. The number of anilines is 2. The maximum atomic E-state index is 11.8. The van der Waals surface area contributed by atoms with E-state index in [2.05, 4.69) is 70.7 Å². The topological polar surface area (TPSA) is 218 Å². The summed E-state index contributed by atoms with van der Waals surface area (Å²) in [5, 5.41) is 12.6. The number of ether oxygens (including phenoxy) is 3. The highest BCUT2D eigenvalue weighted by atomic mass is 79.9.